The molecule has 1 aromatic carbocycles. The van der Waals surface area contributed by atoms with Gasteiger partial charge in [-0.25, -0.2) is 0 Å². The van der Waals surface area contributed by atoms with Crippen LogP contribution < -0.4 is 0 Å². The Morgan fingerprint density at radius 3 is 2.55 bits per heavy atom. The molecule has 0 radical (unpaired) electrons. The number of ether oxygens (including phenoxy) is 1. The lowest BCUT2D eigenvalue weighted by atomic mass is 10.0. The topological polar surface area (TPSA) is 51.5 Å². The fourth-order valence-electron chi connectivity index (χ4n) is 3.16. The monoisotopic (exact) mass is 418 g/mol. The number of aromatic nitrogens is 1. The van der Waals surface area contributed by atoms with Gasteiger partial charge < -0.3 is 14.2 Å². The van der Waals surface area contributed by atoms with Gasteiger partial charge in [0.2, 0.25) is 5.91 Å². The Labute approximate surface area is 178 Å². The highest BCUT2D eigenvalue weighted by Gasteiger charge is 2.24. The van der Waals surface area contributed by atoms with E-state index in [9.17, 15) is 9.59 Å². The standard InChI is InChI=1S/C23H31ClN2O3/c1-5-29-23(28)12-11-22(27)26(18(4)17(2)3)16-21-10-7-13-25(21)15-19-8-6-9-20(24)14-19/h6-10,13-14,17-18H,5,11-12,15-16H2,1-4H3/t18-/m1/s1. The van der Waals surface area contributed by atoms with Gasteiger partial charge in [0.1, 0.15) is 0 Å². The molecule has 0 saturated carbocycles. The molecule has 2 rings (SSSR count). The number of esters is 1. The van der Waals surface area contributed by atoms with E-state index in [1.807, 2.05) is 47.5 Å². The zero-order chi connectivity index (χ0) is 21.4. The molecule has 29 heavy (non-hydrogen) atoms. The van der Waals surface area contributed by atoms with Gasteiger partial charge in [-0.05, 0) is 49.6 Å². The zero-order valence-electron chi connectivity index (χ0n) is 17.7. The van der Waals surface area contributed by atoms with E-state index < -0.39 is 0 Å². The van der Waals surface area contributed by atoms with Crippen LogP contribution in [0.5, 0.6) is 0 Å². The first-order valence-corrected chi connectivity index (χ1v) is 10.5. The van der Waals surface area contributed by atoms with Gasteiger partial charge in [0, 0.05) is 35.9 Å². The SMILES string of the molecule is CCOC(=O)CCC(=O)N(Cc1cccn1Cc1cccc(Cl)c1)[C@H](C)C(C)C. The average molecular weight is 419 g/mol. The van der Waals surface area contributed by atoms with Gasteiger partial charge in [0.05, 0.1) is 19.6 Å². The van der Waals surface area contributed by atoms with Crippen LogP contribution in [0.15, 0.2) is 42.6 Å². The van der Waals surface area contributed by atoms with Gasteiger partial charge in [-0.1, -0.05) is 37.6 Å². The van der Waals surface area contributed by atoms with E-state index in [4.69, 9.17) is 16.3 Å². The summed E-state index contributed by atoms with van der Waals surface area (Å²) in [6.45, 7) is 9.52. The lowest BCUT2D eigenvalue weighted by Gasteiger charge is -2.32. The summed E-state index contributed by atoms with van der Waals surface area (Å²) in [7, 11) is 0. The van der Waals surface area contributed by atoms with Crippen LogP contribution in [0.25, 0.3) is 0 Å². The molecule has 158 valence electrons. The molecule has 0 aliphatic heterocycles. The number of rotatable bonds is 10. The second-order valence-electron chi connectivity index (χ2n) is 7.57. The van der Waals surface area contributed by atoms with Gasteiger partial charge in [-0.3, -0.25) is 9.59 Å². The lowest BCUT2D eigenvalue weighted by Crippen LogP contribution is -2.41. The van der Waals surface area contributed by atoms with Crippen LogP contribution in [0.2, 0.25) is 5.02 Å². The van der Waals surface area contributed by atoms with Crippen LogP contribution in [-0.4, -0.2) is 34.0 Å². The van der Waals surface area contributed by atoms with Gasteiger partial charge in [0.25, 0.3) is 0 Å². The molecule has 1 heterocycles. The minimum absolute atomic E-state index is 0.0326. The molecule has 1 aromatic heterocycles. The summed E-state index contributed by atoms with van der Waals surface area (Å²) in [5.41, 5.74) is 2.15. The molecule has 5 nitrogen and oxygen atoms in total. The Kier molecular flexibility index (Phi) is 8.77. The third-order valence-electron chi connectivity index (χ3n) is 5.12. The fourth-order valence-corrected chi connectivity index (χ4v) is 3.37. The molecule has 0 spiro atoms. The number of benzene rings is 1. The third-order valence-corrected chi connectivity index (χ3v) is 5.36. The number of halogens is 1. The second kappa shape index (κ2) is 11.1. The molecule has 0 bridgehead atoms. The van der Waals surface area contributed by atoms with Crippen molar-refractivity contribution in [3.63, 3.8) is 0 Å². The van der Waals surface area contributed by atoms with Crippen molar-refractivity contribution in [1.29, 1.82) is 0 Å². The predicted molar refractivity (Wildman–Crippen MR) is 116 cm³/mol. The van der Waals surface area contributed by atoms with Crippen molar-refractivity contribution in [2.45, 2.75) is 59.7 Å². The summed E-state index contributed by atoms with van der Waals surface area (Å²) in [6.07, 6.45) is 2.28. The van der Waals surface area contributed by atoms with Gasteiger partial charge >= 0.3 is 5.97 Å². The van der Waals surface area contributed by atoms with Crippen LogP contribution >= 0.6 is 11.6 Å². The minimum atomic E-state index is -0.331. The third kappa shape index (κ3) is 6.93. The number of amides is 1. The van der Waals surface area contributed by atoms with E-state index in [-0.39, 0.29) is 30.8 Å². The van der Waals surface area contributed by atoms with E-state index in [1.54, 1.807) is 6.92 Å². The number of hydrogen-bond acceptors (Lipinski definition) is 3. The van der Waals surface area contributed by atoms with Crippen molar-refractivity contribution in [3.8, 4) is 0 Å². The lowest BCUT2D eigenvalue weighted by molar-refractivity contribution is -0.146. The Morgan fingerprint density at radius 1 is 1.14 bits per heavy atom. The Bertz CT molecular complexity index is 816. The minimum Gasteiger partial charge on any atom is -0.466 e. The smallest absolute Gasteiger partial charge is 0.306 e. The van der Waals surface area contributed by atoms with Crippen molar-refractivity contribution in [1.82, 2.24) is 9.47 Å². The molecule has 0 saturated heterocycles. The molecule has 6 heteroatoms. The van der Waals surface area contributed by atoms with Crippen LogP contribution in [0.3, 0.4) is 0 Å². The maximum atomic E-state index is 12.9. The van der Waals surface area contributed by atoms with E-state index in [1.165, 1.54) is 0 Å². The Hall–Kier alpha value is -2.27. The van der Waals surface area contributed by atoms with Crippen molar-refractivity contribution in [2.24, 2.45) is 5.92 Å². The first kappa shape index (κ1) is 23.0. The first-order valence-electron chi connectivity index (χ1n) is 10.1. The van der Waals surface area contributed by atoms with Crippen molar-refractivity contribution >= 4 is 23.5 Å². The van der Waals surface area contributed by atoms with Crippen LogP contribution in [0.4, 0.5) is 0 Å². The molecule has 0 unspecified atom stereocenters. The van der Waals surface area contributed by atoms with E-state index >= 15 is 0 Å². The molecule has 0 fully saturated rings. The molecule has 0 N–H and O–H groups in total. The number of carbonyl (C=O) groups is 2. The number of nitrogens with zero attached hydrogens (tertiary/aromatic N) is 2. The Balaban J connectivity index is 2.14. The number of hydrogen-bond donors (Lipinski definition) is 0. The normalized spacial score (nSPS) is 12.1. The second-order valence-corrected chi connectivity index (χ2v) is 8.01. The van der Waals surface area contributed by atoms with Crippen LogP contribution in [0, 0.1) is 5.92 Å². The van der Waals surface area contributed by atoms with Gasteiger partial charge in [0.15, 0.2) is 0 Å². The molecule has 0 aliphatic carbocycles. The zero-order valence-corrected chi connectivity index (χ0v) is 18.5. The average Bonchev–Trinajstić information content (AvgIpc) is 3.10. The highest BCUT2D eigenvalue weighted by Crippen LogP contribution is 2.19. The maximum absolute atomic E-state index is 12.9. The molecular formula is C23H31ClN2O3. The molecule has 0 aliphatic rings. The van der Waals surface area contributed by atoms with Crippen LogP contribution in [0.1, 0.15) is 51.8 Å². The maximum Gasteiger partial charge on any atom is 0.306 e. The number of carbonyl (C=O) groups excluding carboxylic acids is 2. The van der Waals surface area contributed by atoms with E-state index in [0.717, 1.165) is 11.3 Å². The highest BCUT2D eigenvalue weighted by atomic mass is 35.5. The largest absolute Gasteiger partial charge is 0.466 e. The summed E-state index contributed by atoms with van der Waals surface area (Å²) in [4.78, 5) is 26.5. The quantitative estimate of drug-likeness (QED) is 0.515. The van der Waals surface area contributed by atoms with E-state index in [2.05, 4.69) is 25.3 Å². The summed E-state index contributed by atoms with van der Waals surface area (Å²) in [6, 6.07) is 11.9. The van der Waals surface area contributed by atoms with Crippen molar-refractivity contribution < 1.29 is 14.3 Å². The summed E-state index contributed by atoms with van der Waals surface area (Å²) in [5, 5.41) is 0.709. The Morgan fingerprint density at radius 2 is 1.90 bits per heavy atom. The molecular weight excluding hydrogens is 388 g/mol. The summed E-state index contributed by atoms with van der Waals surface area (Å²) in [5.74, 6) is -0.0602. The van der Waals surface area contributed by atoms with Crippen LogP contribution in [-0.2, 0) is 27.4 Å². The first-order chi connectivity index (χ1) is 13.8. The fraction of sp³-hybridized carbons (Fsp3) is 0.478. The molecule has 2 aromatic rings. The summed E-state index contributed by atoms with van der Waals surface area (Å²) >= 11 is 6.11. The van der Waals surface area contributed by atoms with Gasteiger partial charge in [-0.2, -0.15) is 0 Å². The highest BCUT2D eigenvalue weighted by molar-refractivity contribution is 6.30. The van der Waals surface area contributed by atoms with Gasteiger partial charge in [-0.15, -0.1) is 0 Å². The van der Waals surface area contributed by atoms with E-state index in [0.29, 0.717) is 30.6 Å². The van der Waals surface area contributed by atoms with Crippen molar-refractivity contribution in [2.75, 3.05) is 6.61 Å². The molecule has 1 atom stereocenters. The predicted octanol–water partition coefficient (Wildman–Crippen LogP) is 4.91. The summed E-state index contributed by atoms with van der Waals surface area (Å²) < 4.78 is 7.09. The molecule has 1 amide bonds. The van der Waals surface area contributed by atoms with Crippen molar-refractivity contribution in [3.05, 3.63) is 58.9 Å².